The molecule has 4 aromatic rings. The number of nitrogens with one attached hydrogen (secondary N) is 2. The number of morpholine rings is 1. The smallest absolute Gasteiger partial charge is 0.226 e. The van der Waals surface area contributed by atoms with Crippen molar-refractivity contribution in [2.24, 2.45) is 0 Å². The molecule has 0 bridgehead atoms. The second-order valence-electron chi connectivity index (χ2n) is 7.76. The second-order valence-corrected chi connectivity index (χ2v) is 7.76. The van der Waals surface area contributed by atoms with Crippen molar-refractivity contribution in [2.45, 2.75) is 0 Å². The molecule has 1 aliphatic rings. The maximum atomic E-state index is 5.43. The molecule has 1 saturated heterocycles. The van der Waals surface area contributed by atoms with Crippen LogP contribution in [0, 0.1) is 0 Å². The molecule has 1 aliphatic heterocycles. The fraction of sp³-hybridized carbons (Fsp3) is 0.292. The highest BCUT2D eigenvalue weighted by Crippen LogP contribution is 2.28. The number of hydrogen-bond acceptors (Lipinski definition) is 8. The molecule has 3 heterocycles. The van der Waals surface area contributed by atoms with E-state index in [4.69, 9.17) is 19.4 Å². The van der Waals surface area contributed by atoms with Crippen LogP contribution in [0.2, 0.25) is 0 Å². The van der Waals surface area contributed by atoms with Crippen molar-refractivity contribution < 1.29 is 9.47 Å². The number of ether oxygens (including phenoxy) is 2. The molecule has 2 aromatic heterocycles. The van der Waals surface area contributed by atoms with Crippen LogP contribution in [0.15, 0.2) is 60.8 Å². The highest BCUT2D eigenvalue weighted by molar-refractivity contribution is 5.90. The molecule has 9 nitrogen and oxygen atoms in total. The second kappa shape index (κ2) is 9.85. The molecule has 0 aliphatic carbocycles. The Hall–Kier alpha value is -3.69. The number of anilines is 3. The first kappa shape index (κ1) is 21.2. The van der Waals surface area contributed by atoms with Crippen LogP contribution < -0.4 is 15.4 Å². The summed E-state index contributed by atoms with van der Waals surface area (Å²) >= 11 is 0. The molecule has 0 radical (unpaired) electrons. The summed E-state index contributed by atoms with van der Waals surface area (Å²) in [6.45, 7) is 5.11. The molecule has 1 fully saturated rings. The molecule has 33 heavy (non-hydrogen) atoms. The van der Waals surface area contributed by atoms with Gasteiger partial charge in [-0.05, 0) is 24.3 Å². The van der Waals surface area contributed by atoms with E-state index in [-0.39, 0.29) is 0 Å². The summed E-state index contributed by atoms with van der Waals surface area (Å²) in [6.07, 6.45) is 1.79. The predicted molar refractivity (Wildman–Crippen MR) is 129 cm³/mol. The standard InChI is InChI=1S/C24H27N7O2/c1-32-20-9-5-6-18(16-20)27-22-21-17-26-31(19-7-3-2-4-8-19)23(21)29-24(28-22)25-10-11-30-12-14-33-15-13-30/h2-9,16-17H,10-15H2,1H3,(H2,25,27,28,29). The Labute approximate surface area is 192 Å². The first-order valence-corrected chi connectivity index (χ1v) is 11.1. The Morgan fingerprint density at radius 1 is 1.03 bits per heavy atom. The van der Waals surface area contributed by atoms with Gasteiger partial charge in [-0.25, -0.2) is 4.68 Å². The number of aromatic nitrogens is 4. The third-order valence-corrected chi connectivity index (χ3v) is 5.58. The van der Waals surface area contributed by atoms with Gasteiger partial charge in [-0.1, -0.05) is 24.3 Å². The minimum atomic E-state index is 0.554. The Kier molecular flexibility index (Phi) is 6.32. The molecular weight excluding hydrogens is 418 g/mol. The lowest BCUT2D eigenvalue weighted by Gasteiger charge is -2.26. The van der Waals surface area contributed by atoms with Gasteiger partial charge in [-0.15, -0.1) is 0 Å². The molecular formula is C24H27N7O2. The van der Waals surface area contributed by atoms with Crippen molar-refractivity contribution in [3.8, 4) is 11.4 Å². The van der Waals surface area contributed by atoms with Gasteiger partial charge in [0.25, 0.3) is 0 Å². The Balaban J connectivity index is 1.46. The van der Waals surface area contributed by atoms with E-state index in [9.17, 15) is 0 Å². The third kappa shape index (κ3) is 4.89. The van der Waals surface area contributed by atoms with E-state index < -0.39 is 0 Å². The molecule has 2 N–H and O–H groups in total. The number of nitrogens with zero attached hydrogens (tertiary/aromatic N) is 5. The normalized spacial score (nSPS) is 14.3. The van der Waals surface area contributed by atoms with E-state index in [1.165, 1.54) is 0 Å². The van der Waals surface area contributed by atoms with Crippen LogP contribution in [-0.4, -0.2) is 71.2 Å². The van der Waals surface area contributed by atoms with E-state index in [1.54, 1.807) is 13.3 Å². The number of benzene rings is 2. The molecule has 0 atom stereocenters. The molecule has 0 amide bonds. The van der Waals surface area contributed by atoms with Crippen LogP contribution in [0.1, 0.15) is 0 Å². The van der Waals surface area contributed by atoms with E-state index in [0.29, 0.717) is 11.8 Å². The third-order valence-electron chi connectivity index (χ3n) is 5.58. The first-order valence-electron chi connectivity index (χ1n) is 11.1. The van der Waals surface area contributed by atoms with Crippen molar-refractivity contribution in [3.63, 3.8) is 0 Å². The first-order chi connectivity index (χ1) is 16.3. The van der Waals surface area contributed by atoms with Crippen molar-refractivity contribution in [3.05, 3.63) is 60.8 Å². The van der Waals surface area contributed by atoms with Crippen LogP contribution in [0.25, 0.3) is 16.7 Å². The molecule has 0 saturated carbocycles. The van der Waals surface area contributed by atoms with Crippen molar-refractivity contribution >= 4 is 28.5 Å². The predicted octanol–water partition coefficient (Wildman–Crippen LogP) is 3.31. The Morgan fingerprint density at radius 3 is 2.70 bits per heavy atom. The number of rotatable bonds is 8. The Bertz CT molecular complexity index is 1210. The molecule has 170 valence electrons. The van der Waals surface area contributed by atoms with Crippen molar-refractivity contribution in [2.75, 3.05) is 57.1 Å². The van der Waals surface area contributed by atoms with Gasteiger partial charge in [0.15, 0.2) is 5.65 Å². The highest BCUT2D eigenvalue weighted by atomic mass is 16.5. The van der Waals surface area contributed by atoms with Crippen LogP contribution in [-0.2, 0) is 4.74 Å². The Morgan fingerprint density at radius 2 is 1.88 bits per heavy atom. The lowest BCUT2D eigenvalue weighted by Crippen LogP contribution is -2.39. The fourth-order valence-corrected chi connectivity index (χ4v) is 3.83. The molecule has 0 unspecified atom stereocenters. The number of fused-ring (bicyclic) bond motifs is 1. The fourth-order valence-electron chi connectivity index (χ4n) is 3.83. The van der Waals surface area contributed by atoms with Gasteiger partial charge in [-0.2, -0.15) is 15.1 Å². The van der Waals surface area contributed by atoms with Crippen LogP contribution >= 0.6 is 0 Å². The monoisotopic (exact) mass is 445 g/mol. The molecule has 5 rings (SSSR count). The minimum absolute atomic E-state index is 0.554. The van der Waals surface area contributed by atoms with E-state index >= 15 is 0 Å². The number of para-hydroxylation sites is 1. The summed E-state index contributed by atoms with van der Waals surface area (Å²) in [5.74, 6) is 2.01. The van der Waals surface area contributed by atoms with Crippen LogP contribution in [0.5, 0.6) is 5.75 Å². The summed E-state index contributed by atoms with van der Waals surface area (Å²) in [5, 5.41) is 12.2. The zero-order valence-electron chi connectivity index (χ0n) is 18.6. The van der Waals surface area contributed by atoms with Gasteiger partial charge in [0.05, 0.1) is 37.6 Å². The summed E-state index contributed by atoms with van der Waals surface area (Å²) in [7, 11) is 1.66. The average molecular weight is 446 g/mol. The lowest BCUT2D eigenvalue weighted by atomic mass is 10.3. The summed E-state index contributed by atoms with van der Waals surface area (Å²) in [4.78, 5) is 11.9. The maximum Gasteiger partial charge on any atom is 0.226 e. The average Bonchev–Trinajstić information content (AvgIpc) is 3.30. The van der Waals surface area contributed by atoms with Gasteiger partial charge in [0.2, 0.25) is 5.95 Å². The topological polar surface area (TPSA) is 89.4 Å². The van der Waals surface area contributed by atoms with Gasteiger partial charge >= 0.3 is 0 Å². The SMILES string of the molecule is COc1cccc(Nc2nc(NCCN3CCOCC3)nc3c2cnn3-c2ccccc2)c1. The van der Waals surface area contributed by atoms with E-state index in [0.717, 1.165) is 67.6 Å². The lowest BCUT2D eigenvalue weighted by molar-refractivity contribution is 0.0398. The van der Waals surface area contributed by atoms with Gasteiger partial charge in [0.1, 0.15) is 11.6 Å². The van der Waals surface area contributed by atoms with Gasteiger partial charge < -0.3 is 20.1 Å². The summed E-state index contributed by atoms with van der Waals surface area (Å²) in [6, 6.07) is 17.7. The zero-order chi connectivity index (χ0) is 22.5. The van der Waals surface area contributed by atoms with Gasteiger partial charge in [0, 0.05) is 37.9 Å². The zero-order valence-corrected chi connectivity index (χ0v) is 18.6. The number of methoxy groups -OCH3 is 1. The number of hydrogen-bond donors (Lipinski definition) is 2. The van der Waals surface area contributed by atoms with Gasteiger partial charge in [-0.3, -0.25) is 4.90 Å². The molecule has 2 aromatic carbocycles. The van der Waals surface area contributed by atoms with Crippen LogP contribution in [0.4, 0.5) is 17.5 Å². The highest BCUT2D eigenvalue weighted by Gasteiger charge is 2.15. The maximum absolute atomic E-state index is 5.43. The van der Waals surface area contributed by atoms with E-state index in [2.05, 4.69) is 20.6 Å². The molecule has 9 heteroatoms. The van der Waals surface area contributed by atoms with E-state index in [1.807, 2.05) is 59.3 Å². The van der Waals surface area contributed by atoms with Crippen molar-refractivity contribution in [1.29, 1.82) is 0 Å². The largest absolute Gasteiger partial charge is 0.497 e. The summed E-state index contributed by atoms with van der Waals surface area (Å²) < 4.78 is 12.6. The van der Waals surface area contributed by atoms with Crippen LogP contribution in [0.3, 0.4) is 0 Å². The molecule has 0 spiro atoms. The van der Waals surface area contributed by atoms with Crippen molar-refractivity contribution in [1.82, 2.24) is 24.6 Å². The summed E-state index contributed by atoms with van der Waals surface area (Å²) in [5.41, 5.74) is 2.55. The minimum Gasteiger partial charge on any atom is -0.497 e. The quantitative estimate of drug-likeness (QED) is 0.427.